The second-order valence-electron chi connectivity index (χ2n) is 4.46. The third-order valence-corrected chi connectivity index (χ3v) is 2.90. The van der Waals surface area contributed by atoms with Crippen molar-refractivity contribution in [3.8, 4) is 0 Å². The Labute approximate surface area is 82.0 Å². The quantitative estimate of drug-likeness (QED) is 0.685. The summed E-state index contributed by atoms with van der Waals surface area (Å²) in [7, 11) is 1.76. The number of hydrogen-bond donors (Lipinski definition) is 1. The van der Waals surface area contributed by atoms with Gasteiger partial charge in [0.1, 0.15) is 0 Å². The van der Waals surface area contributed by atoms with Gasteiger partial charge in [-0.05, 0) is 26.2 Å². The smallest absolute Gasteiger partial charge is 0.0613 e. The number of nitrogens with one attached hydrogen (secondary N) is 1. The van der Waals surface area contributed by atoms with Crippen molar-refractivity contribution >= 4 is 0 Å². The zero-order chi connectivity index (χ0) is 9.68. The Morgan fingerprint density at radius 3 is 2.46 bits per heavy atom. The predicted molar refractivity (Wildman–Crippen MR) is 55.9 cm³/mol. The fraction of sp³-hybridized carbons (Fsp3) is 1.00. The summed E-state index contributed by atoms with van der Waals surface area (Å²) >= 11 is 0. The van der Waals surface area contributed by atoms with Crippen LogP contribution in [0.25, 0.3) is 0 Å². The van der Waals surface area contributed by atoms with Gasteiger partial charge < -0.3 is 10.1 Å². The molecule has 2 nitrogen and oxygen atoms in total. The van der Waals surface area contributed by atoms with E-state index in [4.69, 9.17) is 4.74 Å². The van der Waals surface area contributed by atoms with Gasteiger partial charge in [-0.2, -0.15) is 0 Å². The highest BCUT2D eigenvalue weighted by molar-refractivity contribution is 4.76. The van der Waals surface area contributed by atoms with Gasteiger partial charge in [0.2, 0.25) is 0 Å². The SMILES string of the molecule is COCC(C)NC(C)CC1CCC1. The summed E-state index contributed by atoms with van der Waals surface area (Å²) in [4.78, 5) is 0. The first-order valence-corrected chi connectivity index (χ1v) is 5.47. The summed E-state index contributed by atoms with van der Waals surface area (Å²) in [5, 5.41) is 3.55. The maximum atomic E-state index is 5.09. The van der Waals surface area contributed by atoms with E-state index in [1.54, 1.807) is 7.11 Å². The maximum Gasteiger partial charge on any atom is 0.0613 e. The topological polar surface area (TPSA) is 21.3 Å². The van der Waals surface area contributed by atoms with Gasteiger partial charge in [0.05, 0.1) is 6.61 Å². The third kappa shape index (κ3) is 4.10. The van der Waals surface area contributed by atoms with Crippen molar-refractivity contribution < 1.29 is 4.74 Å². The number of ether oxygens (including phenoxy) is 1. The van der Waals surface area contributed by atoms with E-state index in [2.05, 4.69) is 19.2 Å². The van der Waals surface area contributed by atoms with E-state index in [1.165, 1.54) is 25.7 Å². The van der Waals surface area contributed by atoms with Crippen molar-refractivity contribution in [2.24, 2.45) is 5.92 Å². The standard InChI is InChI=1S/C11H23NO/c1-9(7-11-5-4-6-11)12-10(2)8-13-3/h9-12H,4-8H2,1-3H3. The lowest BCUT2D eigenvalue weighted by Crippen LogP contribution is -2.39. The van der Waals surface area contributed by atoms with Gasteiger partial charge in [-0.15, -0.1) is 0 Å². The van der Waals surface area contributed by atoms with Crippen LogP contribution in [-0.2, 0) is 4.74 Å². The van der Waals surface area contributed by atoms with Crippen LogP contribution in [0, 0.1) is 5.92 Å². The summed E-state index contributed by atoms with van der Waals surface area (Å²) in [6, 6.07) is 1.13. The van der Waals surface area contributed by atoms with Crippen molar-refractivity contribution in [3.05, 3.63) is 0 Å². The highest BCUT2D eigenvalue weighted by Crippen LogP contribution is 2.30. The van der Waals surface area contributed by atoms with Crippen LogP contribution < -0.4 is 5.32 Å². The average molecular weight is 185 g/mol. The van der Waals surface area contributed by atoms with E-state index >= 15 is 0 Å². The molecule has 2 unspecified atom stereocenters. The second-order valence-corrected chi connectivity index (χ2v) is 4.46. The second kappa shape index (κ2) is 5.61. The molecule has 0 saturated heterocycles. The van der Waals surface area contributed by atoms with Crippen molar-refractivity contribution in [3.63, 3.8) is 0 Å². The Morgan fingerprint density at radius 1 is 1.31 bits per heavy atom. The molecular formula is C11H23NO. The summed E-state index contributed by atoms with van der Waals surface area (Å²) in [6.07, 6.45) is 5.69. The molecule has 1 rings (SSSR count). The first-order chi connectivity index (χ1) is 6.22. The minimum Gasteiger partial charge on any atom is -0.383 e. The number of rotatable bonds is 6. The largest absolute Gasteiger partial charge is 0.383 e. The molecule has 0 amide bonds. The first kappa shape index (κ1) is 11.0. The molecule has 13 heavy (non-hydrogen) atoms. The Hall–Kier alpha value is -0.0800. The molecule has 2 heteroatoms. The highest BCUT2D eigenvalue weighted by Gasteiger charge is 2.20. The lowest BCUT2D eigenvalue weighted by Gasteiger charge is -2.29. The Kier molecular flexibility index (Phi) is 4.74. The summed E-state index contributed by atoms with van der Waals surface area (Å²) in [6.45, 7) is 5.28. The lowest BCUT2D eigenvalue weighted by molar-refractivity contribution is 0.161. The molecule has 0 bridgehead atoms. The zero-order valence-electron chi connectivity index (χ0n) is 9.18. The van der Waals surface area contributed by atoms with E-state index in [0.717, 1.165) is 12.5 Å². The van der Waals surface area contributed by atoms with E-state index < -0.39 is 0 Å². The van der Waals surface area contributed by atoms with E-state index in [-0.39, 0.29) is 0 Å². The molecule has 2 atom stereocenters. The molecule has 1 saturated carbocycles. The molecule has 1 N–H and O–H groups in total. The molecule has 0 aromatic heterocycles. The van der Waals surface area contributed by atoms with Gasteiger partial charge in [-0.3, -0.25) is 0 Å². The molecule has 1 fully saturated rings. The van der Waals surface area contributed by atoms with Crippen LogP contribution in [0.3, 0.4) is 0 Å². The molecule has 78 valence electrons. The fourth-order valence-electron chi connectivity index (χ4n) is 2.08. The van der Waals surface area contributed by atoms with Crippen LogP contribution in [0.2, 0.25) is 0 Å². The minimum absolute atomic E-state index is 0.486. The lowest BCUT2D eigenvalue weighted by atomic mass is 9.81. The van der Waals surface area contributed by atoms with Crippen LogP contribution in [0.4, 0.5) is 0 Å². The molecule has 1 aliphatic carbocycles. The summed E-state index contributed by atoms with van der Waals surface area (Å²) < 4.78 is 5.09. The van der Waals surface area contributed by atoms with Crippen molar-refractivity contribution in [2.45, 2.75) is 51.6 Å². The molecule has 0 heterocycles. The Bertz CT molecular complexity index is 134. The van der Waals surface area contributed by atoms with Gasteiger partial charge in [-0.1, -0.05) is 19.3 Å². The normalized spacial score (nSPS) is 22.4. The monoisotopic (exact) mass is 185 g/mol. The highest BCUT2D eigenvalue weighted by atomic mass is 16.5. The first-order valence-electron chi connectivity index (χ1n) is 5.47. The molecule has 0 radical (unpaired) electrons. The third-order valence-electron chi connectivity index (χ3n) is 2.90. The molecule has 0 aromatic rings. The van der Waals surface area contributed by atoms with E-state index in [0.29, 0.717) is 12.1 Å². The molecule has 0 spiro atoms. The minimum atomic E-state index is 0.486. The van der Waals surface area contributed by atoms with Gasteiger partial charge in [0, 0.05) is 19.2 Å². The van der Waals surface area contributed by atoms with Crippen molar-refractivity contribution in [2.75, 3.05) is 13.7 Å². The van der Waals surface area contributed by atoms with Gasteiger partial charge in [0.25, 0.3) is 0 Å². The van der Waals surface area contributed by atoms with Gasteiger partial charge >= 0.3 is 0 Å². The fourth-order valence-corrected chi connectivity index (χ4v) is 2.08. The van der Waals surface area contributed by atoms with E-state index in [1.807, 2.05) is 0 Å². The van der Waals surface area contributed by atoms with Crippen LogP contribution in [0.15, 0.2) is 0 Å². The molecular weight excluding hydrogens is 162 g/mol. The summed E-state index contributed by atoms with van der Waals surface area (Å²) in [5.74, 6) is 0.997. The van der Waals surface area contributed by atoms with Crippen molar-refractivity contribution in [1.29, 1.82) is 0 Å². The maximum absolute atomic E-state index is 5.09. The number of hydrogen-bond acceptors (Lipinski definition) is 2. The van der Waals surface area contributed by atoms with Crippen LogP contribution in [0.1, 0.15) is 39.5 Å². The van der Waals surface area contributed by atoms with Crippen molar-refractivity contribution in [1.82, 2.24) is 5.32 Å². The number of methoxy groups -OCH3 is 1. The van der Waals surface area contributed by atoms with Crippen LogP contribution in [0.5, 0.6) is 0 Å². The Morgan fingerprint density at radius 2 is 2.00 bits per heavy atom. The van der Waals surface area contributed by atoms with Gasteiger partial charge in [0.15, 0.2) is 0 Å². The van der Waals surface area contributed by atoms with Crippen LogP contribution >= 0.6 is 0 Å². The summed E-state index contributed by atoms with van der Waals surface area (Å²) in [5.41, 5.74) is 0. The predicted octanol–water partition coefficient (Wildman–Crippen LogP) is 2.19. The van der Waals surface area contributed by atoms with Crippen LogP contribution in [-0.4, -0.2) is 25.8 Å². The molecule has 0 aliphatic heterocycles. The van der Waals surface area contributed by atoms with Gasteiger partial charge in [-0.25, -0.2) is 0 Å². The van der Waals surface area contributed by atoms with E-state index in [9.17, 15) is 0 Å². The Balaban J connectivity index is 2.04. The zero-order valence-corrected chi connectivity index (χ0v) is 9.18. The average Bonchev–Trinajstić information content (AvgIpc) is 1.97. The molecule has 1 aliphatic rings. The molecule has 0 aromatic carbocycles.